The quantitative estimate of drug-likeness (QED) is 0.154. The van der Waals surface area contributed by atoms with Gasteiger partial charge in [-0.05, 0) is 68.1 Å². The van der Waals surface area contributed by atoms with Gasteiger partial charge in [0.2, 0.25) is 0 Å². The fourth-order valence-electron chi connectivity index (χ4n) is 5.65. The highest BCUT2D eigenvalue weighted by atomic mass is 35.5. The second-order valence-corrected chi connectivity index (χ2v) is 12.0. The molecule has 0 bridgehead atoms. The zero-order chi connectivity index (χ0) is 31.8. The normalized spacial score (nSPS) is 17.1. The van der Waals surface area contributed by atoms with E-state index < -0.39 is 35.1 Å². The summed E-state index contributed by atoms with van der Waals surface area (Å²) in [5.74, 6) is -3.32. The van der Waals surface area contributed by atoms with E-state index in [2.05, 4.69) is 5.32 Å². The Morgan fingerprint density at radius 2 is 1.61 bits per heavy atom. The van der Waals surface area contributed by atoms with E-state index >= 15 is 0 Å². The van der Waals surface area contributed by atoms with Crippen molar-refractivity contribution in [1.29, 1.82) is 0 Å². The molecule has 5 nitrogen and oxygen atoms in total. The lowest BCUT2D eigenvalue weighted by Gasteiger charge is -2.37. The minimum absolute atomic E-state index is 0.0291. The summed E-state index contributed by atoms with van der Waals surface area (Å²) in [5.41, 5.74) is 1.32. The molecule has 1 fully saturated rings. The van der Waals surface area contributed by atoms with Gasteiger partial charge in [-0.15, -0.1) is 11.3 Å². The number of methoxy groups -OCH3 is 1. The Morgan fingerprint density at radius 1 is 0.977 bits per heavy atom. The first-order valence-corrected chi connectivity index (χ1v) is 15.1. The lowest BCUT2D eigenvalue weighted by molar-refractivity contribution is -0.0885. The number of ether oxygens (including phenoxy) is 1. The highest BCUT2D eigenvalue weighted by Crippen LogP contribution is 2.41. The molecule has 1 aromatic heterocycles. The smallest absolute Gasteiger partial charge is 0.454 e. The standard InChI is InChI=1S/C32H28ClF5N2O3S/c1-39-21-8-10-22(11-9-21)40(31(42)29-27(33)26-23(34)12-13-24(35)28(26)44-29)16-20-15-19(7-14-25(20)43-2)17-3-5-18(6-4-17)30(41)32(36,37)38/h3-7,12-15,21-22,39H,8-11,16H2,1-2H3/t21-,22-. The summed E-state index contributed by atoms with van der Waals surface area (Å²) in [6.45, 7) is 0.0743. The molecule has 0 atom stereocenters. The Morgan fingerprint density at radius 3 is 2.20 bits per heavy atom. The summed E-state index contributed by atoms with van der Waals surface area (Å²) >= 11 is 7.32. The predicted molar refractivity (Wildman–Crippen MR) is 161 cm³/mol. The van der Waals surface area contributed by atoms with Gasteiger partial charge in [-0.25, -0.2) is 8.78 Å². The van der Waals surface area contributed by atoms with Crippen LogP contribution in [0.2, 0.25) is 5.02 Å². The van der Waals surface area contributed by atoms with Crippen LogP contribution in [-0.4, -0.2) is 49.0 Å². The van der Waals surface area contributed by atoms with Gasteiger partial charge in [0, 0.05) is 29.8 Å². The first-order valence-electron chi connectivity index (χ1n) is 13.9. The molecule has 1 saturated carbocycles. The first kappa shape index (κ1) is 31.9. The van der Waals surface area contributed by atoms with Crippen molar-refractivity contribution in [3.05, 3.63) is 87.3 Å². The number of halogens is 6. The third-order valence-electron chi connectivity index (χ3n) is 8.04. The van der Waals surface area contributed by atoms with Crippen LogP contribution in [-0.2, 0) is 6.54 Å². The Balaban J connectivity index is 1.52. The summed E-state index contributed by atoms with van der Waals surface area (Å²) in [7, 11) is 3.37. The van der Waals surface area contributed by atoms with E-state index in [0.717, 1.165) is 48.4 Å². The number of nitrogens with zero attached hydrogens (tertiary/aromatic N) is 1. The fourth-order valence-corrected chi connectivity index (χ4v) is 7.16. The van der Waals surface area contributed by atoms with Crippen LogP contribution in [0.5, 0.6) is 5.75 Å². The predicted octanol–water partition coefficient (Wildman–Crippen LogP) is 8.43. The van der Waals surface area contributed by atoms with Crippen molar-refractivity contribution in [2.24, 2.45) is 0 Å². The molecule has 1 amide bonds. The molecule has 1 N–H and O–H groups in total. The number of thiophene rings is 1. The molecule has 3 aromatic carbocycles. The van der Waals surface area contributed by atoms with Crippen LogP contribution in [0, 0.1) is 11.6 Å². The summed E-state index contributed by atoms with van der Waals surface area (Å²) in [4.78, 5) is 27.5. The average molecular weight is 651 g/mol. The van der Waals surface area contributed by atoms with Crippen molar-refractivity contribution in [2.45, 2.75) is 50.5 Å². The average Bonchev–Trinajstić information content (AvgIpc) is 3.38. The molecule has 232 valence electrons. The van der Waals surface area contributed by atoms with Gasteiger partial charge in [-0.3, -0.25) is 9.59 Å². The Bertz CT molecular complexity index is 1700. The number of carbonyl (C=O) groups is 2. The van der Waals surface area contributed by atoms with Gasteiger partial charge in [0.1, 0.15) is 22.3 Å². The number of rotatable bonds is 8. The molecule has 5 rings (SSSR count). The Kier molecular flexibility index (Phi) is 9.29. The summed E-state index contributed by atoms with van der Waals surface area (Å²) in [6, 6.07) is 12.3. The van der Waals surface area contributed by atoms with Crippen LogP contribution >= 0.6 is 22.9 Å². The maximum Gasteiger partial charge on any atom is 0.454 e. The minimum atomic E-state index is -4.98. The van der Waals surface area contributed by atoms with Crippen molar-refractivity contribution in [2.75, 3.05) is 14.2 Å². The number of fused-ring (bicyclic) bond motifs is 1. The number of ketones is 1. The first-order chi connectivity index (χ1) is 20.9. The molecule has 12 heteroatoms. The van der Waals surface area contributed by atoms with E-state index in [4.69, 9.17) is 16.3 Å². The van der Waals surface area contributed by atoms with Gasteiger partial charge in [0.15, 0.2) is 0 Å². The molecule has 4 aromatic rings. The van der Waals surface area contributed by atoms with Crippen LogP contribution in [0.25, 0.3) is 21.2 Å². The van der Waals surface area contributed by atoms with Gasteiger partial charge in [-0.2, -0.15) is 13.2 Å². The molecule has 0 radical (unpaired) electrons. The molecule has 0 unspecified atom stereocenters. The van der Waals surface area contributed by atoms with Crippen LogP contribution in [0.1, 0.15) is 51.3 Å². The van der Waals surface area contributed by atoms with Gasteiger partial charge < -0.3 is 15.0 Å². The van der Waals surface area contributed by atoms with Crippen LogP contribution in [0.4, 0.5) is 22.0 Å². The van der Waals surface area contributed by atoms with Crippen molar-refractivity contribution in [3.8, 4) is 16.9 Å². The van der Waals surface area contributed by atoms with Crippen molar-refractivity contribution >= 4 is 44.7 Å². The van der Waals surface area contributed by atoms with E-state index in [1.165, 1.54) is 19.2 Å². The Hall–Kier alpha value is -3.54. The second-order valence-electron chi connectivity index (χ2n) is 10.6. The summed E-state index contributed by atoms with van der Waals surface area (Å²) in [6.07, 6.45) is -1.99. The fraction of sp³-hybridized carbons (Fsp3) is 0.312. The van der Waals surface area contributed by atoms with Crippen molar-refractivity contribution in [1.82, 2.24) is 10.2 Å². The summed E-state index contributed by atoms with van der Waals surface area (Å²) < 4.78 is 73.5. The number of benzene rings is 3. The van der Waals surface area contributed by atoms with Gasteiger partial charge in [0.25, 0.3) is 11.7 Å². The molecule has 0 spiro atoms. The van der Waals surface area contributed by atoms with Crippen LogP contribution in [0.3, 0.4) is 0 Å². The van der Waals surface area contributed by atoms with Crippen LogP contribution in [0.15, 0.2) is 54.6 Å². The third kappa shape index (κ3) is 6.31. The second kappa shape index (κ2) is 12.8. The van der Waals surface area contributed by atoms with E-state index in [9.17, 15) is 31.5 Å². The molecule has 0 aliphatic heterocycles. The number of amides is 1. The number of alkyl halides is 3. The molecule has 0 saturated heterocycles. The largest absolute Gasteiger partial charge is 0.496 e. The Labute approximate surface area is 259 Å². The lowest BCUT2D eigenvalue weighted by atomic mass is 9.89. The highest BCUT2D eigenvalue weighted by Gasteiger charge is 2.39. The van der Waals surface area contributed by atoms with E-state index in [1.54, 1.807) is 23.1 Å². The minimum Gasteiger partial charge on any atom is -0.496 e. The molecule has 1 aliphatic carbocycles. The monoisotopic (exact) mass is 650 g/mol. The topological polar surface area (TPSA) is 58.6 Å². The zero-order valence-corrected chi connectivity index (χ0v) is 25.3. The number of nitrogens with one attached hydrogen (secondary N) is 1. The zero-order valence-electron chi connectivity index (χ0n) is 23.7. The van der Waals surface area contributed by atoms with Crippen molar-refractivity contribution in [3.63, 3.8) is 0 Å². The molecule has 44 heavy (non-hydrogen) atoms. The lowest BCUT2D eigenvalue weighted by Crippen LogP contribution is -2.44. The maximum atomic E-state index is 14.7. The molecular weight excluding hydrogens is 623 g/mol. The molecular formula is C32H28ClF5N2O3S. The maximum absolute atomic E-state index is 14.7. The van der Waals surface area contributed by atoms with Gasteiger partial charge in [-0.1, -0.05) is 41.9 Å². The van der Waals surface area contributed by atoms with Crippen LogP contribution < -0.4 is 10.1 Å². The molecule has 1 heterocycles. The van der Waals surface area contributed by atoms with E-state index in [0.29, 0.717) is 41.3 Å². The van der Waals surface area contributed by atoms with E-state index in [1.807, 2.05) is 7.05 Å². The molecule has 1 aliphatic rings. The number of hydrogen-bond acceptors (Lipinski definition) is 5. The number of hydrogen-bond donors (Lipinski definition) is 1. The van der Waals surface area contributed by atoms with Gasteiger partial charge >= 0.3 is 6.18 Å². The summed E-state index contributed by atoms with van der Waals surface area (Å²) in [5, 5.41) is 2.99. The highest BCUT2D eigenvalue weighted by molar-refractivity contribution is 7.21. The number of Topliss-reactive ketones (excluding diaryl/α,β-unsaturated/α-hetero) is 1. The third-order valence-corrected chi connectivity index (χ3v) is 9.72. The van der Waals surface area contributed by atoms with E-state index in [-0.39, 0.29) is 32.6 Å². The van der Waals surface area contributed by atoms with Gasteiger partial charge in [0.05, 0.1) is 22.2 Å². The SMILES string of the molecule is CN[C@H]1CC[C@H](N(Cc2cc(-c3ccc(C(=O)C(F)(F)F)cc3)ccc2OC)C(=O)c2sc3c(F)ccc(F)c3c2Cl)CC1. The van der Waals surface area contributed by atoms with Crippen molar-refractivity contribution < 1.29 is 36.3 Å². The number of carbonyl (C=O) groups excluding carboxylic acids is 2.